The van der Waals surface area contributed by atoms with Crippen LogP contribution in [0.15, 0.2) is 17.0 Å². The van der Waals surface area contributed by atoms with E-state index in [1.807, 2.05) is 11.6 Å². The Labute approximate surface area is 107 Å². The molecule has 3 N–H and O–H groups in total. The number of aromatic nitrogens is 5. The van der Waals surface area contributed by atoms with Gasteiger partial charge in [-0.1, -0.05) is 0 Å². The van der Waals surface area contributed by atoms with Gasteiger partial charge in [-0.15, -0.1) is 10.2 Å². The molecule has 0 amide bonds. The third-order valence-corrected chi connectivity index (χ3v) is 2.79. The highest BCUT2D eigenvalue weighted by atomic mass is 79.9. The molecule has 90 valence electrons. The fourth-order valence-corrected chi connectivity index (χ4v) is 1.66. The van der Waals surface area contributed by atoms with Crippen LogP contribution in [0.5, 0.6) is 0 Å². The summed E-state index contributed by atoms with van der Waals surface area (Å²) in [5.74, 6) is 1.84. The van der Waals surface area contributed by atoms with Crippen LogP contribution in [0.4, 0.5) is 11.8 Å². The zero-order valence-corrected chi connectivity index (χ0v) is 10.8. The van der Waals surface area contributed by atoms with Gasteiger partial charge in [-0.3, -0.25) is 0 Å². The van der Waals surface area contributed by atoms with Crippen LogP contribution in [0.2, 0.25) is 0 Å². The Kier molecular flexibility index (Phi) is 3.52. The lowest BCUT2D eigenvalue weighted by molar-refractivity contribution is 0.787. The number of nitrogens with two attached hydrogens (primary N) is 1. The Balaban J connectivity index is 1.94. The second-order valence-corrected chi connectivity index (χ2v) is 4.31. The molecule has 17 heavy (non-hydrogen) atoms. The number of nitrogens with one attached hydrogen (secondary N) is 1. The second-order valence-electron chi connectivity index (χ2n) is 3.46. The molecule has 0 spiro atoms. The molecule has 0 atom stereocenters. The molecule has 0 saturated heterocycles. The zero-order chi connectivity index (χ0) is 12.3. The monoisotopic (exact) mass is 297 g/mol. The Hall–Kier alpha value is -1.70. The van der Waals surface area contributed by atoms with Crippen molar-refractivity contribution in [2.75, 3.05) is 17.6 Å². The summed E-state index contributed by atoms with van der Waals surface area (Å²) < 4.78 is 2.66. The minimum absolute atomic E-state index is 0.245. The van der Waals surface area contributed by atoms with E-state index in [1.54, 1.807) is 12.5 Å². The van der Waals surface area contributed by atoms with Gasteiger partial charge in [-0.25, -0.2) is 4.98 Å². The van der Waals surface area contributed by atoms with Gasteiger partial charge in [0, 0.05) is 26.2 Å². The van der Waals surface area contributed by atoms with Gasteiger partial charge >= 0.3 is 0 Å². The van der Waals surface area contributed by atoms with Crippen molar-refractivity contribution in [3.63, 3.8) is 0 Å². The number of anilines is 2. The van der Waals surface area contributed by atoms with E-state index >= 15 is 0 Å². The first-order chi connectivity index (χ1) is 8.16. The molecular formula is C9H12BrN7. The topological polar surface area (TPSA) is 94.5 Å². The van der Waals surface area contributed by atoms with Gasteiger partial charge in [-0.2, -0.15) is 4.98 Å². The molecule has 2 heterocycles. The van der Waals surface area contributed by atoms with Gasteiger partial charge in [0.1, 0.15) is 18.0 Å². The number of halogens is 1. The van der Waals surface area contributed by atoms with Crippen LogP contribution in [-0.4, -0.2) is 31.3 Å². The Morgan fingerprint density at radius 3 is 3.06 bits per heavy atom. The first kappa shape index (κ1) is 11.8. The fourth-order valence-electron chi connectivity index (χ4n) is 1.33. The zero-order valence-electron chi connectivity index (χ0n) is 9.26. The van der Waals surface area contributed by atoms with E-state index in [9.17, 15) is 0 Å². The Morgan fingerprint density at radius 2 is 2.35 bits per heavy atom. The van der Waals surface area contributed by atoms with Gasteiger partial charge in [0.2, 0.25) is 5.95 Å². The van der Waals surface area contributed by atoms with Gasteiger partial charge in [0.25, 0.3) is 0 Å². The van der Waals surface area contributed by atoms with Crippen molar-refractivity contribution in [3.8, 4) is 0 Å². The first-order valence-electron chi connectivity index (χ1n) is 5.01. The number of hydrogen-bond acceptors (Lipinski definition) is 6. The smallest absolute Gasteiger partial charge is 0.221 e. The highest BCUT2D eigenvalue weighted by molar-refractivity contribution is 9.10. The predicted molar refractivity (Wildman–Crippen MR) is 67.3 cm³/mol. The second kappa shape index (κ2) is 5.09. The van der Waals surface area contributed by atoms with Crippen molar-refractivity contribution in [1.29, 1.82) is 0 Å². The molecule has 0 aliphatic carbocycles. The summed E-state index contributed by atoms with van der Waals surface area (Å²) in [5, 5.41) is 11.0. The first-order valence-corrected chi connectivity index (χ1v) is 5.81. The number of aryl methyl sites for hydroxylation is 1. The van der Waals surface area contributed by atoms with Gasteiger partial charge < -0.3 is 15.6 Å². The molecule has 2 aromatic heterocycles. The molecule has 7 nitrogen and oxygen atoms in total. The van der Waals surface area contributed by atoms with Gasteiger partial charge in [0.05, 0.1) is 4.47 Å². The van der Waals surface area contributed by atoms with E-state index in [0.29, 0.717) is 12.4 Å². The van der Waals surface area contributed by atoms with Crippen molar-refractivity contribution in [2.24, 2.45) is 7.05 Å². The molecule has 2 rings (SSSR count). The van der Waals surface area contributed by atoms with Crippen LogP contribution in [0.3, 0.4) is 0 Å². The Bertz CT molecular complexity index is 510. The predicted octanol–water partition coefficient (Wildman–Crippen LogP) is 0.604. The molecule has 0 aliphatic heterocycles. The van der Waals surface area contributed by atoms with Crippen molar-refractivity contribution < 1.29 is 0 Å². The average Bonchev–Trinajstić information content (AvgIpc) is 2.70. The van der Waals surface area contributed by atoms with Crippen LogP contribution < -0.4 is 11.1 Å². The van der Waals surface area contributed by atoms with E-state index in [1.165, 1.54) is 0 Å². The van der Waals surface area contributed by atoms with Crippen LogP contribution in [0.1, 0.15) is 5.82 Å². The van der Waals surface area contributed by atoms with Crippen molar-refractivity contribution in [1.82, 2.24) is 24.7 Å². The fraction of sp³-hybridized carbons (Fsp3) is 0.333. The largest absolute Gasteiger partial charge is 0.369 e. The number of nitrogens with zero attached hydrogens (tertiary/aromatic N) is 5. The van der Waals surface area contributed by atoms with E-state index in [0.717, 1.165) is 16.7 Å². The quantitative estimate of drug-likeness (QED) is 0.858. The van der Waals surface area contributed by atoms with E-state index in [4.69, 9.17) is 5.73 Å². The van der Waals surface area contributed by atoms with E-state index in [-0.39, 0.29) is 5.95 Å². The average molecular weight is 298 g/mol. The van der Waals surface area contributed by atoms with Gasteiger partial charge in [0.15, 0.2) is 0 Å². The van der Waals surface area contributed by atoms with E-state index in [2.05, 4.69) is 41.4 Å². The SMILES string of the molecule is Cn1cnnc1CCNc1nc(N)ncc1Br. The lowest BCUT2D eigenvalue weighted by atomic mass is 10.4. The summed E-state index contributed by atoms with van der Waals surface area (Å²) in [6, 6.07) is 0. The minimum Gasteiger partial charge on any atom is -0.369 e. The third-order valence-electron chi connectivity index (χ3n) is 2.21. The molecule has 0 aliphatic rings. The van der Waals surface area contributed by atoms with Crippen molar-refractivity contribution in [2.45, 2.75) is 6.42 Å². The summed E-state index contributed by atoms with van der Waals surface area (Å²) >= 11 is 3.35. The highest BCUT2D eigenvalue weighted by Crippen LogP contribution is 2.18. The standard InChI is InChI=1S/C9H12BrN7/c1-17-5-14-16-7(17)2-3-12-8-6(10)4-13-9(11)15-8/h4-5H,2-3H2,1H3,(H3,11,12,13,15). The normalized spacial score (nSPS) is 10.5. The lowest BCUT2D eigenvalue weighted by Crippen LogP contribution is -2.11. The van der Waals surface area contributed by atoms with Crippen LogP contribution in [0, 0.1) is 0 Å². The minimum atomic E-state index is 0.245. The molecule has 0 aromatic carbocycles. The molecule has 0 saturated carbocycles. The lowest BCUT2D eigenvalue weighted by Gasteiger charge is -2.07. The summed E-state index contributed by atoms with van der Waals surface area (Å²) in [6.07, 6.45) is 4.05. The maximum atomic E-state index is 5.51. The van der Waals surface area contributed by atoms with Crippen LogP contribution in [-0.2, 0) is 13.5 Å². The number of nitrogen functional groups attached to an aromatic ring is 1. The third kappa shape index (κ3) is 2.90. The molecule has 0 fully saturated rings. The molecular weight excluding hydrogens is 286 g/mol. The number of hydrogen-bond donors (Lipinski definition) is 2. The molecule has 0 unspecified atom stereocenters. The summed E-state index contributed by atoms with van der Waals surface area (Å²) in [7, 11) is 1.91. The molecule has 2 aromatic rings. The number of rotatable bonds is 4. The van der Waals surface area contributed by atoms with Crippen LogP contribution in [0.25, 0.3) is 0 Å². The maximum Gasteiger partial charge on any atom is 0.221 e. The van der Waals surface area contributed by atoms with E-state index < -0.39 is 0 Å². The summed E-state index contributed by atoms with van der Waals surface area (Å²) in [4.78, 5) is 7.94. The van der Waals surface area contributed by atoms with Crippen molar-refractivity contribution in [3.05, 3.63) is 22.8 Å². The maximum absolute atomic E-state index is 5.51. The van der Waals surface area contributed by atoms with Crippen molar-refractivity contribution >= 4 is 27.7 Å². The summed E-state index contributed by atoms with van der Waals surface area (Å²) in [5.41, 5.74) is 5.51. The van der Waals surface area contributed by atoms with Gasteiger partial charge in [-0.05, 0) is 15.9 Å². The highest BCUT2D eigenvalue weighted by Gasteiger charge is 2.04. The molecule has 0 radical (unpaired) electrons. The molecule has 0 bridgehead atoms. The molecule has 8 heteroatoms. The Morgan fingerprint density at radius 1 is 1.53 bits per heavy atom. The van der Waals surface area contributed by atoms with Crippen LogP contribution >= 0.6 is 15.9 Å². The summed E-state index contributed by atoms with van der Waals surface area (Å²) in [6.45, 7) is 0.696.